The van der Waals surface area contributed by atoms with Crippen LogP contribution in [0.4, 0.5) is 5.69 Å². The lowest BCUT2D eigenvalue weighted by Crippen LogP contribution is -2.12. The van der Waals surface area contributed by atoms with Gasteiger partial charge in [-0.05, 0) is 23.8 Å². The number of para-hydroxylation sites is 1. The van der Waals surface area contributed by atoms with E-state index in [4.69, 9.17) is 0 Å². The van der Waals surface area contributed by atoms with Crippen LogP contribution in [-0.2, 0) is 9.59 Å². The van der Waals surface area contributed by atoms with Crippen molar-refractivity contribution in [3.05, 3.63) is 71.1 Å². The SMILES string of the molecule is O=C(CCSC1=NC(=O)C(=Cc2ccccc2)S1)Nc1ccccc1. The maximum atomic E-state index is 12.0. The number of nitrogens with one attached hydrogen (secondary N) is 1. The highest BCUT2D eigenvalue weighted by molar-refractivity contribution is 8.41. The molecule has 1 aliphatic heterocycles. The molecule has 0 aromatic heterocycles. The number of hydrogen-bond acceptors (Lipinski definition) is 4. The second-order valence-corrected chi connectivity index (χ2v) is 7.59. The summed E-state index contributed by atoms with van der Waals surface area (Å²) in [5, 5.41) is 2.84. The predicted molar refractivity (Wildman–Crippen MR) is 107 cm³/mol. The van der Waals surface area contributed by atoms with E-state index in [1.165, 1.54) is 23.5 Å². The maximum Gasteiger partial charge on any atom is 0.285 e. The van der Waals surface area contributed by atoms with Gasteiger partial charge < -0.3 is 5.32 Å². The largest absolute Gasteiger partial charge is 0.326 e. The van der Waals surface area contributed by atoms with Crippen LogP contribution in [0, 0.1) is 0 Å². The number of amides is 2. The Balaban J connectivity index is 1.46. The Kier molecular flexibility index (Phi) is 6.09. The number of nitrogens with zero attached hydrogens (tertiary/aromatic N) is 1. The molecule has 2 aromatic carbocycles. The molecule has 0 radical (unpaired) electrons. The van der Waals surface area contributed by atoms with Crippen molar-refractivity contribution in [3.8, 4) is 0 Å². The Morgan fingerprint density at radius 2 is 1.76 bits per heavy atom. The Morgan fingerprint density at radius 1 is 1.08 bits per heavy atom. The van der Waals surface area contributed by atoms with Gasteiger partial charge in [0.2, 0.25) is 5.91 Å². The highest BCUT2D eigenvalue weighted by Crippen LogP contribution is 2.33. The smallest absolute Gasteiger partial charge is 0.285 e. The third-order valence-electron chi connectivity index (χ3n) is 3.31. The highest BCUT2D eigenvalue weighted by Gasteiger charge is 2.22. The van der Waals surface area contributed by atoms with Gasteiger partial charge in [0.1, 0.15) is 4.38 Å². The van der Waals surface area contributed by atoms with Gasteiger partial charge in [0.15, 0.2) is 0 Å². The van der Waals surface area contributed by atoms with Crippen LogP contribution in [0.15, 0.2) is 70.6 Å². The molecule has 1 heterocycles. The van der Waals surface area contributed by atoms with Gasteiger partial charge >= 0.3 is 0 Å². The van der Waals surface area contributed by atoms with Crippen LogP contribution in [0.5, 0.6) is 0 Å². The first-order valence-corrected chi connectivity index (χ1v) is 9.56. The van der Waals surface area contributed by atoms with Gasteiger partial charge in [-0.15, -0.1) is 0 Å². The molecule has 6 heteroatoms. The molecule has 0 saturated carbocycles. The Morgan fingerprint density at radius 3 is 2.48 bits per heavy atom. The van der Waals surface area contributed by atoms with Gasteiger partial charge in [-0.1, -0.05) is 72.1 Å². The summed E-state index contributed by atoms with van der Waals surface area (Å²) in [5.74, 6) is 0.315. The minimum Gasteiger partial charge on any atom is -0.326 e. The minimum atomic E-state index is -0.218. The van der Waals surface area contributed by atoms with E-state index in [0.29, 0.717) is 21.5 Å². The van der Waals surface area contributed by atoms with E-state index in [2.05, 4.69) is 10.3 Å². The zero-order valence-corrected chi connectivity index (χ0v) is 15.0. The summed E-state index contributed by atoms with van der Waals surface area (Å²) in [6, 6.07) is 19.0. The lowest BCUT2D eigenvalue weighted by atomic mass is 10.2. The molecule has 0 spiro atoms. The van der Waals surface area contributed by atoms with Crippen LogP contribution in [0.1, 0.15) is 12.0 Å². The van der Waals surface area contributed by atoms with Crippen molar-refractivity contribution in [2.24, 2.45) is 4.99 Å². The summed E-state index contributed by atoms with van der Waals surface area (Å²) in [7, 11) is 0. The second kappa shape index (κ2) is 8.69. The number of rotatable bonds is 5. The topological polar surface area (TPSA) is 58.5 Å². The summed E-state index contributed by atoms with van der Waals surface area (Å²) >= 11 is 2.79. The zero-order chi connectivity index (χ0) is 17.5. The molecule has 4 nitrogen and oxygen atoms in total. The van der Waals surface area contributed by atoms with Crippen LogP contribution in [-0.4, -0.2) is 21.9 Å². The minimum absolute atomic E-state index is 0.0475. The number of carbonyl (C=O) groups is 2. The molecule has 126 valence electrons. The van der Waals surface area contributed by atoms with Crippen molar-refractivity contribution in [2.75, 3.05) is 11.1 Å². The fourth-order valence-corrected chi connectivity index (χ4v) is 4.14. The lowest BCUT2D eigenvalue weighted by Gasteiger charge is -2.04. The predicted octanol–water partition coefficient (Wildman–Crippen LogP) is 4.42. The standard InChI is InChI=1S/C19H16N2O2S2/c22-17(20-15-9-5-2-6-10-15)11-12-24-19-21-18(23)16(25-19)13-14-7-3-1-4-8-14/h1-10,13H,11-12H2,(H,20,22). The molecule has 2 amide bonds. The molecule has 0 saturated heterocycles. The fourth-order valence-electron chi connectivity index (χ4n) is 2.13. The second-order valence-electron chi connectivity index (χ2n) is 5.22. The Labute approximate surface area is 154 Å². The van der Waals surface area contributed by atoms with Gasteiger partial charge in [-0.25, -0.2) is 0 Å². The van der Waals surface area contributed by atoms with E-state index in [1.807, 2.05) is 66.7 Å². The van der Waals surface area contributed by atoms with Gasteiger partial charge in [0.25, 0.3) is 5.91 Å². The van der Waals surface area contributed by atoms with Gasteiger partial charge in [0.05, 0.1) is 4.91 Å². The lowest BCUT2D eigenvalue weighted by molar-refractivity contribution is -0.116. The third-order valence-corrected chi connectivity index (χ3v) is 5.44. The molecule has 0 aliphatic carbocycles. The van der Waals surface area contributed by atoms with Crippen molar-refractivity contribution >= 4 is 51.5 Å². The first kappa shape index (κ1) is 17.5. The molecule has 1 N–H and O–H groups in total. The number of hydrogen-bond donors (Lipinski definition) is 1. The fraction of sp³-hybridized carbons (Fsp3) is 0.105. The molecule has 3 rings (SSSR count). The molecule has 0 unspecified atom stereocenters. The molecule has 0 bridgehead atoms. The van der Waals surface area contributed by atoms with E-state index < -0.39 is 0 Å². The third kappa shape index (κ3) is 5.34. The number of anilines is 1. The Bertz CT molecular complexity index is 818. The van der Waals surface area contributed by atoms with E-state index in [9.17, 15) is 9.59 Å². The molecular weight excluding hydrogens is 352 g/mol. The Hall–Kier alpha value is -2.31. The van der Waals surface area contributed by atoms with Crippen molar-refractivity contribution in [1.82, 2.24) is 0 Å². The van der Waals surface area contributed by atoms with E-state index >= 15 is 0 Å². The van der Waals surface area contributed by atoms with E-state index in [0.717, 1.165) is 11.3 Å². The van der Waals surface area contributed by atoms with Crippen molar-refractivity contribution in [1.29, 1.82) is 0 Å². The first-order valence-electron chi connectivity index (χ1n) is 7.76. The summed E-state index contributed by atoms with van der Waals surface area (Å²) in [6.07, 6.45) is 2.21. The number of aliphatic imine (C=N–C) groups is 1. The van der Waals surface area contributed by atoms with Crippen LogP contribution >= 0.6 is 23.5 Å². The molecule has 0 atom stereocenters. The number of thioether (sulfide) groups is 2. The van der Waals surface area contributed by atoms with Crippen molar-refractivity contribution < 1.29 is 9.59 Å². The summed E-state index contributed by atoms with van der Waals surface area (Å²) in [4.78, 5) is 28.5. The van der Waals surface area contributed by atoms with Gasteiger partial charge in [0, 0.05) is 17.9 Å². The quantitative estimate of drug-likeness (QED) is 0.794. The van der Waals surface area contributed by atoms with Gasteiger partial charge in [-0.2, -0.15) is 4.99 Å². The number of carbonyl (C=O) groups excluding carboxylic acids is 2. The monoisotopic (exact) mass is 368 g/mol. The highest BCUT2D eigenvalue weighted by atomic mass is 32.2. The molecule has 25 heavy (non-hydrogen) atoms. The average molecular weight is 368 g/mol. The molecule has 1 aliphatic rings. The van der Waals surface area contributed by atoms with Crippen molar-refractivity contribution in [2.45, 2.75) is 6.42 Å². The van der Waals surface area contributed by atoms with Crippen LogP contribution in [0.2, 0.25) is 0 Å². The zero-order valence-electron chi connectivity index (χ0n) is 13.3. The number of benzene rings is 2. The molecule has 0 fully saturated rings. The van der Waals surface area contributed by atoms with Gasteiger partial charge in [-0.3, -0.25) is 9.59 Å². The average Bonchev–Trinajstić information content (AvgIpc) is 2.96. The van der Waals surface area contributed by atoms with Crippen molar-refractivity contribution in [3.63, 3.8) is 0 Å². The maximum absolute atomic E-state index is 12.0. The van der Waals surface area contributed by atoms with Crippen LogP contribution in [0.3, 0.4) is 0 Å². The summed E-state index contributed by atoms with van der Waals surface area (Å²) in [5.41, 5.74) is 1.76. The first-order chi connectivity index (χ1) is 12.2. The van der Waals surface area contributed by atoms with Crippen LogP contribution in [0.25, 0.3) is 6.08 Å². The van der Waals surface area contributed by atoms with E-state index in [-0.39, 0.29) is 11.8 Å². The summed E-state index contributed by atoms with van der Waals surface area (Å²) < 4.78 is 0.694. The van der Waals surface area contributed by atoms with Crippen LogP contribution < -0.4 is 5.32 Å². The summed E-state index contributed by atoms with van der Waals surface area (Å²) in [6.45, 7) is 0. The van der Waals surface area contributed by atoms with E-state index in [1.54, 1.807) is 0 Å². The molecular formula is C19H16N2O2S2. The molecule has 2 aromatic rings. The normalized spacial score (nSPS) is 15.3.